The van der Waals surface area contributed by atoms with Gasteiger partial charge in [-0.3, -0.25) is 9.59 Å². The van der Waals surface area contributed by atoms with Gasteiger partial charge in [0.1, 0.15) is 5.75 Å². The first-order valence-electron chi connectivity index (χ1n) is 4.31. The second-order valence-corrected chi connectivity index (χ2v) is 3.42. The summed E-state index contributed by atoms with van der Waals surface area (Å²) in [4.78, 5) is 21.6. The van der Waals surface area contributed by atoms with Crippen LogP contribution in [0.3, 0.4) is 0 Å². The van der Waals surface area contributed by atoms with Crippen molar-refractivity contribution in [2.75, 3.05) is 0 Å². The number of alkyl halides is 3. The summed E-state index contributed by atoms with van der Waals surface area (Å²) in [7, 11) is 0. The number of ether oxygens (including phenoxy) is 1. The van der Waals surface area contributed by atoms with Gasteiger partial charge in [-0.15, -0.1) is 0 Å². The Bertz CT molecular complexity index is 468. The van der Waals surface area contributed by atoms with Crippen LogP contribution in [0, 0.1) is 0 Å². The van der Waals surface area contributed by atoms with Crippen LogP contribution < -0.4 is 4.74 Å². The molecule has 0 N–H and O–H groups in total. The molecule has 0 amide bonds. The molecule has 0 unspecified atom stereocenters. The van der Waals surface area contributed by atoms with Crippen LogP contribution in [-0.2, 0) is 11.0 Å². The lowest BCUT2D eigenvalue weighted by Gasteiger charge is -2.10. The van der Waals surface area contributed by atoms with E-state index in [4.69, 9.17) is 11.6 Å². The molecule has 0 radical (unpaired) electrons. The van der Waals surface area contributed by atoms with Gasteiger partial charge >= 0.3 is 12.1 Å². The minimum Gasteiger partial charge on any atom is -0.426 e. The van der Waals surface area contributed by atoms with Gasteiger partial charge in [0, 0.05) is 6.92 Å². The number of esters is 1. The van der Waals surface area contributed by atoms with Gasteiger partial charge in [-0.1, -0.05) is 0 Å². The third-order valence-corrected chi connectivity index (χ3v) is 1.98. The Kier molecular flexibility index (Phi) is 3.77. The lowest BCUT2D eigenvalue weighted by molar-refractivity contribution is -0.138. The molecule has 0 fully saturated rings. The van der Waals surface area contributed by atoms with Crippen molar-refractivity contribution >= 4 is 22.8 Å². The number of halogens is 4. The zero-order valence-corrected chi connectivity index (χ0v) is 9.22. The summed E-state index contributed by atoms with van der Waals surface area (Å²) in [6, 6.07) is 2.09. The summed E-state index contributed by atoms with van der Waals surface area (Å²) in [6.07, 6.45) is -4.59. The summed E-state index contributed by atoms with van der Waals surface area (Å²) in [5.41, 5.74) is -1.33. The molecule has 1 aromatic carbocycles. The molecule has 0 spiro atoms. The van der Waals surface area contributed by atoms with Gasteiger partial charge < -0.3 is 4.74 Å². The molecule has 0 saturated heterocycles. The van der Waals surface area contributed by atoms with Gasteiger partial charge in [0.25, 0.3) is 5.24 Å². The van der Waals surface area contributed by atoms with Crippen LogP contribution in [0.25, 0.3) is 0 Å². The van der Waals surface area contributed by atoms with Gasteiger partial charge in [-0.05, 0) is 29.8 Å². The van der Waals surface area contributed by atoms with E-state index in [1.807, 2.05) is 0 Å². The predicted molar refractivity (Wildman–Crippen MR) is 52.9 cm³/mol. The van der Waals surface area contributed by atoms with Gasteiger partial charge in [0.15, 0.2) is 0 Å². The molecule has 0 heterocycles. The number of rotatable bonds is 2. The van der Waals surface area contributed by atoms with Gasteiger partial charge in [0.05, 0.1) is 11.1 Å². The molecule has 1 rings (SSSR count). The predicted octanol–water partition coefficient (Wildman–Crippen LogP) is 3.01. The molecule has 0 aromatic heterocycles. The van der Waals surface area contributed by atoms with Crippen molar-refractivity contribution in [3.8, 4) is 5.75 Å². The standard InChI is InChI=1S/C10H6ClF3O3/c1-5(15)17-8-4-6(10(12,13)14)2-3-7(8)9(11)16/h2-4H,1H3. The molecule has 7 heteroatoms. The molecular formula is C10H6ClF3O3. The summed E-state index contributed by atoms with van der Waals surface area (Å²) in [6.45, 7) is 1.00. The highest BCUT2D eigenvalue weighted by atomic mass is 35.5. The second kappa shape index (κ2) is 4.75. The highest BCUT2D eigenvalue weighted by Crippen LogP contribution is 2.33. The number of hydrogen-bond donors (Lipinski definition) is 0. The summed E-state index contributed by atoms with van der Waals surface area (Å²) < 4.78 is 41.6. The number of hydrogen-bond acceptors (Lipinski definition) is 3. The van der Waals surface area contributed by atoms with E-state index in [1.54, 1.807) is 0 Å². The Morgan fingerprint density at radius 2 is 1.88 bits per heavy atom. The van der Waals surface area contributed by atoms with Crippen molar-refractivity contribution in [3.05, 3.63) is 29.3 Å². The van der Waals surface area contributed by atoms with Crippen molar-refractivity contribution in [2.24, 2.45) is 0 Å². The van der Waals surface area contributed by atoms with E-state index < -0.39 is 28.7 Å². The third-order valence-electron chi connectivity index (χ3n) is 1.77. The Morgan fingerprint density at radius 1 is 1.29 bits per heavy atom. The maximum atomic E-state index is 12.4. The van der Waals surface area contributed by atoms with E-state index in [1.165, 1.54) is 0 Å². The van der Waals surface area contributed by atoms with E-state index >= 15 is 0 Å². The van der Waals surface area contributed by atoms with Crippen LogP contribution in [0.5, 0.6) is 5.75 Å². The molecule has 0 saturated carbocycles. The lowest BCUT2D eigenvalue weighted by atomic mass is 10.1. The number of carbonyl (C=O) groups is 2. The van der Waals surface area contributed by atoms with E-state index in [0.29, 0.717) is 12.1 Å². The number of carbonyl (C=O) groups excluding carboxylic acids is 2. The summed E-state index contributed by atoms with van der Waals surface area (Å²) in [5, 5.41) is -1.00. The molecule has 17 heavy (non-hydrogen) atoms. The average Bonchev–Trinajstić information content (AvgIpc) is 2.14. The molecule has 0 aliphatic carbocycles. The van der Waals surface area contributed by atoms with Crippen LogP contribution in [0.2, 0.25) is 0 Å². The molecule has 0 bridgehead atoms. The fourth-order valence-corrected chi connectivity index (χ4v) is 1.26. The van der Waals surface area contributed by atoms with Crippen LogP contribution in [0.1, 0.15) is 22.8 Å². The number of benzene rings is 1. The minimum absolute atomic E-state index is 0.296. The second-order valence-electron chi connectivity index (χ2n) is 3.08. The van der Waals surface area contributed by atoms with Crippen molar-refractivity contribution in [1.29, 1.82) is 0 Å². The Hall–Kier alpha value is -1.56. The van der Waals surface area contributed by atoms with Gasteiger partial charge in [-0.2, -0.15) is 13.2 Å². The highest BCUT2D eigenvalue weighted by molar-refractivity contribution is 6.68. The zero-order valence-electron chi connectivity index (χ0n) is 8.47. The van der Waals surface area contributed by atoms with E-state index in [9.17, 15) is 22.8 Å². The third kappa shape index (κ3) is 3.45. The average molecular weight is 267 g/mol. The van der Waals surface area contributed by atoms with Crippen molar-refractivity contribution in [3.63, 3.8) is 0 Å². The normalized spacial score (nSPS) is 11.1. The first kappa shape index (κ1) is 13.5. The van der Waals surface area contributed by atoms with Gasteiger partial charge in [0.2, 0.25) is 0 Å². The maximum Gasteiger partial charge on any atom is 0.416 e. The van der Waals surface area contributed by atoms with E-state index in [2.05, 4.69) is 4.74 Å². The molecule has 0 aliphatic rings. The minimum atomic E-state index is -4.59. The monoisotopic (exact) mass is 266 g/mol. The Morgan fingerprint density at radius 3 is 2.29 bits per heavy atom. The van der Waals surface area contributed by atoms with Crippen molar-refractivity contribution < 1.29 is 27.5 Å². The summed E-state index contributed by atoms with van der Waals surface area (Å²) in [5.74, 6) is -1.35. The summed E-state index contributed by atoms with van der Waals surface area (Å²) >= 11 is 5.15. The largest absolute Gasteiger partial charge is 0.426 e. The maximum absolute atomic E-state index is 12.4. The van der Waals surface area contributed by atoms with Crippen molar-refractivity contribution in [2.45, 2.75) is 13.1 Å². The molecular weight excluding hydrogens is 261 g/mol. The van der Waals surface area contributed by atoms with E-state index in [-0.39, 0.29) is 5.56 Å². The van der Waals surface area contributed by atoms with Crippen molar-refractivity contribution in [1.82, 2.24) is 0 Å². The lowest BCUT2D eigenvalue weighted by Crippen LogP contribution is -2.09. The molecule has 1 aromatic rings. The Balaban J connectivity index is 3.29. The van der Waals surface area contributed by atoms with Crippen LogP contribution in [0.15, 0.2) is 18.2 Å². The molecule has 0 aliphatic heterocycles. The van der Waals surface area contributed by atoms with Crippen LogP contribution in [-0.4, -0.2) is 11.2 Å². The van der Waals surface area contributed by atoms with Crippen LogP contribution >= 0.6 is 11.6 Å². The Labute approximate surface area is 99.1 Å². The smallest absolute Gasteiger partial charge is 0.416 e. The fourth-order valence-electron chi connectivity index (χ4n) is 1.10. The quantitative estimate of drug-likeness (QED) is 0.469. The van der Waals surface area contributed by atoms with Crippen LogP contribution in [0.4, 0.5) is 13.2 Å². The molecule has 3 nitrogen and oxygen atoms in total. The zero-order chi connectivity index (χ0) is 13.2. The fraction of sp³-hybridized carbons (Fsp3) is 0.200. The first-order valence-corrected chi connectivity index (χ1v) is 4.69. The SMILES string of the molecule is CC(=O)Oc1cc(C(F)(F)F)ccc1C(=O)Cl. The highest BCUT2D eigenvalue weighted by Gasteiger charge is 2.32. The molecule has 92 valence electrons. The first-order chi connectivity index (χ1) is 7.71. The van der Waals surface area contributed by atoms with Gasteiger partial charge in [-0.25, -0.2) is 0 Å². The van der Waals surface area contributed by atoms with E-state index in [0.717, 1.165) is 13.0 Å². The molecule has 0 atom stereocenters. The topological polar surface area (TPSA) is 43.4 Å².